The third-order valence-electron chi connectivity index (χ3n) is 2.82. The van der Waals surface area contributed by atoms with Gasteiger partial charge in [-0.1, -0.05) is 35.9 Å². The molecular weight excluding hydrogens is 346 g/mol. The zero-order valence-corrected chi connectivity index (χ0v) is 14.3. The Bertz CT molecular complexity index is 555. The second kappa shape index (κ2) is 9.88. The lowest BCUT2D eigenvalue weighted by atomic mass is 10.2. The van der Waals surface area contributed by atoms with Crippen LogP contribution in [0.3, 0.4) is 0 Å². The zero-order chi connectivity index (χ0) is 17.3. The Kier molecular flexibility index (Phi) is 8.55. The Morgan fingerprint density at radius 1 is 0.870 bits per heavy atom. The molecule has 2 rings (SSSR count). The minimum atomic E-state index is -6.00. The van der Waals surface area contributed by atoms with Crippen molar-refractivity contribution < 1.29 is 17.3 Å². The van der Waals surface area contributed by atoms with Crippen LogP contribution in [0.5, 0.6) is 0 Å². The molecule has 2 aromatic carbocycles. The Morgan fingerprint density at radius 3 is 1.83 bits per heavy atom. The van der Waals surface area contributed by atoms with Gasteiger partial charge in [0.2, 0.25) is 0 Å². The highest BCUT2D eigenvalue weighted by Gasteiger charge is 2.24. The van der Waals surface area contributed by atoms with Gasteiger partial charge in [-0.05, 0) is 31.2 Å². The molecule has 0 aliphatic heterocycles. The smallest absolute Gasteiger partial charge is 0.418 e. The van der Waals surface area contributed by atoms with Crippen molar-refractivity contribution in [2.75, 3.05) is 11.6 Å². The average molecular weight is 365 g/mol. The van der Waals surface area contributed by atoms with Gasteiger partial charge in [-0.25, -0.2) is 0 Å². The molecule has 7 heteroatoms. The molecule has 0 aliphatic carbocycles. The fourth-order valence-corrected chi connectivity index (χ4v) is 4.28. The van der Waals surface area contributed by atoms with Crippen molar-refractivity contribution in [1.29, 1.82) is 0 Å². The molecule has 1 atom stereocenters. The van der Waals surface area contributed by atoms with E-state index in [-0.39, 0.29) is 10.9 Å². The predicted molar refractivity (Wildman–Crippen MR) is 91.9 cm³/mol. The Labute approximate surface area is 142 Å². The molecule has 0 bridgehead atoms. The van der Waals surface area contributed by atoms with Gasteiger partial charge >= 0.3 is 7.25 Å². The number of rotatable bonds is 5. The van der Waals surface area contributed by atoms with Crippen LogP contribution in [0.4, 0.5) is 17.3 Å². The van der Waals surface area contributed by atoms with E-state index in [4.69, 9.17) is 11.6 Å². The Morgan fingerprint density at radius 2 is 1.35 bits per heavy atom. The first-order valence-electron chi connectivity index (χ1n) is 7.07. The number of hydrogen-bond donors (Lipinski definition) is 0. The molecule has 0 fully saturated rings. The third-order valence-corrected chi connectivity index (χ3v) is 5.46. The van der Waals surface area contributed by atoms with Gasteiger partial charge in [-0.2, -0.15) is 0 Å². The fourth-order valence-electron chi connectivity index (χ4n) is 1.86. The van der Waals surface area contributed by atoms with Crippen LogP contribution in [0.25, 0.3) is 0 Å². The summed E-state index contributed by atoms with van der Waals surface area (Å²) >= 11 is 5.85. The molecule has 23 heavy (non-hydrogen) atoms. The normalized spacial score (nSPS) is 12.3. The lowest BCUT2D eigenvalue weighted by molar-refractivity contribution is 0.368. The third kappa shape index (κ3) is 8.91. The van der Waals surface area contributed by atoms with Crippen LogP contribution in [0.15, 0.2) is 64.4 Å². The fraction of sp³-hybridized carbons (Fsp3) is 0.250. The van der Waals surface area contributed by atoms with Crippen LogP contribution < -0.4 is 0 Å². The molecule has 0 aromatic heterocycles. The molecule has 0 saturated carbocycles. The SMILES string of the molecule is Cc1ccc([S+](CCCCl)c2ccccc2)cc1.F[B-](F)(F)F. The van der Waals surface area contributed by atoms with E-state index in [1.807, 2.05) is 0 Å². The molecule has 0 radical (unpaired) electrons. The topological polar surface area (TPSA) is 0 Å². The van der Waals surface area contributed by atoms with E-state index in [1.165, 1.54) is 15.4 Å². The first kappa shape index (κ1) is 19.9. The quantitative estimate of drug-likeness (QED) is 0.266. The predicted octanol–water partition coefficient (Wildman–Crippen LogP) is 5.96. The van der Waals surface area contributed by atoms with Crippen molar-refractivity contribution in [2.24, 2.45) is 0 Å². The lowest BCUT2D eigenvalue weighted by Crippen LogP contribution is -2.09. The van der Waals surface area contributed by atoms with Crippen molar-refractivity contribution >= 4 is 29.8 Å². The molecule has 0 amide bonds. The summed E-state index contributed by atoms with van der Waals surface area (Å²) in [5.74, 6) is 1.87. The number of alkyl halides is 1. The Balaban J connectivity index is 0.000000463. The number of halogens is 5. The van der Waals surface area contributed by atoms with Gasteiger partial charge in [0.25, 0.3) is 0 Å². The standard InChI is InChI=1S/C16H18ClS.BF4/c1-14-8-10-16(11-9-14)18(13-5-12-17)15-6-3-2-4-7-15;2-1(3,4)5/h2-4,6-11H,5,12-13H2,1H3;/q+1;-1. The van der Waals surface area contributed by atoms with Gasteiger partial charge in [-0.3, -0.25) is 0 Å². The summed E-state index contributed by atoms with van der Waals surface area (Å²) < 4.78 is 39.0. The van der Waals surface area contributed by atoms with Crippen molar-refractivity contribution in [3.8, 4) is 0 Å². The van der Waals surface area contributed by atoms with E-state index in [1.54, 1.807) is 0 Å². The van der Waals surface area contributed by atoms with Gasteiger partial charge in [-0.15, -0.1) is 11.6 Å². The molecule has 1 unspecified atom stereocenters. The number of benzene rings is 2. The molecule has 0 saturated heterocycles. The summed E-state index contributed by atoms with van der Waals surface area (Å²) in [4.78, 5) is 2.82. The minimum absolute atomic E-state index is 0.156. The van der Waals surface area contributed by atoms with Gasteiger partial charge in [0.15, 0.2) is 9.79 Å². The van der Waals surface area contributed by atoms with Gasteiger partial charge in [0.05, 0.1) is 10.9 Å². The monoisotopic (exact) mass is 364 g/mol. The summed E-state index contributed by atoms with van der Waals surface area (Å²) in [5.41, 5.74) is 1.31. The average Bonchev–Trinajstić information content (AvgIpc) is 2.49. The first-order valence-corrected chi connectivity index (χ1v) is 9.00. The summed E-state index contributed by atoms with van der Waals surface area (Å²) in [6, 6.07) is 19.6. The van der Waals surface area contributed by atoms with Gasteiger partial charge < -0.3 is 17.3 Å². The van der Waals surface area contributed by atoms with Crippen LogP contribution in [-0.2, 0) is 10.9 Å². The van der Waals surface area contributed by atoms with Crippen LogP contribution in [0.1, 0.15) is 12.0 Å². The maximum Gasteiger partial charge on any atom is 0.673 e. The van der Waals surface area contributed by atoms with Crippen LogP contribution in [0, 0.1) is 6.92 Å². The highest BCUT2D eigenvalue weighted by atomic mass is 35.5. The van der Waals surface area contributed by atoms with E-state index in [9.17, 15) is 17.3 Å². The minimum Gasteiger partial charge on any atom is -0.418 e. The Hall–Kier alpha value is -1.14. The summed E-state index contributed by atoms with van der Waals surface area (Å²) in [6.45, 7) is 2.13. The second-order valence-electron chi connectivity index (χ2n) is 4.76. The highest BCUT2D eigenvalue weighted by Crippen LogP contribution is 2.24. The largest absolute Gasteiger partial charge is 0.673 e. The summed E-state index contributed by atoms with van der Waals surface area (Å²) in [6.07, 6.45) is 1.06. The summed E-state index contributed by atoms with van der Waals surface area (Å²) in [5, 5.41) is 0. The van der Waals surface area contributed by atoms with Crippen LogP contribution in [-0.4, -0.2) is 18.9 Å². The van der Waals surface area contributed by atoms with E-state index >= 15 is 0 Å². The molecule has 0 nitrogen and oxygen atoms in total. The lowest BCUT2D eigenvalue weighted by Gasteiger charge is -2.07. The molecule has 0 heterocycles. The van der Waals surface area contributed by atoms with Crippen molar-refractivity contribution in [2.45, 2.75) is 23.1 Å². The van der Waals surface area contributed by atoms with Crippen molar-refractivity contribution in [3.63, 3.8) is 0 Å². The van der Waals surface area contributed by atoms with Gasteiger partial charge in [0.1, 0.15) is 5.75 Å². The van der Waals surface area contributed by atoms with E-state index in [2.05, 4.69) is 61.5 Å². The molecule has 126 valence electrons. The van der Waals surface area contributed by atoms with E-state index < -0.39 is 7.25 Å². The maximum atomic E-state index is 9.75. The van der Waals surface area contributed by atoms with E-state index in [0.29, 0.717) is 0 Å². The van der Waals surface area contributed by atoms with Crippen molar-refractivity contribution in [3.05, 3.63) is 60.2 Å². The van der Waals surface area contributed by atoms with E-state index in [0.717, 1.165) is 18.1 Å². The molecule has 2 aromatic rings. The first-order chi connectivity index (χ1) is 10.8. The highest BCUT2D eigenvalue weighted by molar-refractivity contribution is 7.97. The van der Waals surface area contributed by atoms with Gasteiger partial charge in [0, 0.05) is 12.3 Å². The van der Waals surface area contributed by atoms with Crippen molar-refractivity contribution in [1.82, 2.24) is 0 Å². The summed E-state index contributed by atoms with van der Waals surface area (Å²) in [7, 11) is -5.84. The number of aryl methyl sites for hydroxylation is 1. The molecule has 0 aliphatic rings. The maximum absolute atomic E-state index is 9.75. The van der Waals surface area contributed by atoms with Crippen LogP contribution in [0.2, 0.25) is 0 Å². The molecular formula is C16H18BClF4S. The second-order valence-corrected chi connectivity index (χ2v) is 7.27. The zero-order valence-electron chi connectivity index (χ0n) is 12.7. The molecule has 0 spiro atoms. The number of hydrogen-bond acceptors (Lipinski definition) is 0. The van der Waals surface area contributed by atoms with Crippen LogP contribution >= 0.6 is 11.6 Å². The molecule has 0 N–H and O–H groups in total.